The number of fused-ring (bicyclic) bond motifs is 1. The number of thioether (sulfide) groups is 4. The Morgan fingerprint density at radius 2 is 1.64 bits per heavy atom. The van der Waals surface area contributed by atoms with Gasteiger partial charge in [-0.15, -0.1) is 23.5 Å². The summed E-state index contributed by atoms with van der Waals surface area (Å²) >= 11 is 11.4. The minimum atomic E-state index is -0.977. The Bertz CT molecular complexity index is 1190. The van der Waals surface area contributed by atoms with Crippen LogP contribution in [0.5, 0.6) is 0 Å². The summed E-state index contributed by atoms with van der Waals surface area (Å²) < 4.78 is 0.362. The number of rotatable bonds is 11. The second-order valence-corrected chi connectivity index (χ2v) is 12.2. The predicted molar refractivity (Wildman–Crippen MR) is 154 cm³/mol. The highest BCUT2D eigenvalue weighted by Gasteiger charge is 2.32. The molecule has 1 atom stereocenters. The summed E-state index contributed by atoms with van der Waals surface area (Å²) in [6.07, 6.45) is 15.6. The number of aliphatic carboxylic acids is 2. The molecule has 0 aromatic heterocycles. The van der Waals surface area contributed by atoms with Crippen molar-refractivity contribution in [2.45, 2.75) is 39.9 Å². The first-order chi connectivity index (χ1) is 17.2. The van der Waals surface area contributed by atoms with Crippen molar-refractivity contribution in [2.75, 3.05) is 19.1 Å². The topological polar surface area (TPSA) is 94.9 Å². The third-order valence-electron chi connectivity index (χ3n) is 5.37. The van der Waals surface area contributed by atoms with Crippen molar-refractivity contribution < 1.29 is 24.6 Å². The lowest BCUT2D eigenvalue weighted by molar-refractivity contribution is -0.138. The normalized spacial score (nSPS) is 19.9. The Kier molecular flexibility index (Phi) is 10.8. The first-order valence-corrected chi connectivity index (χ1v) is 15.4. The van der Waals surface area contributed by atoms with Gasteiger partial charge in [-0.05, 0) is 47.6 Å². The van der Waals surface area contributed by atoms with Crippen LogP contribution in [0.25, 0.3) is 0 Å². The molecule has 1 amide bonds. The van der Waals surface area contributed by atoms with Gasteiger partial charge in [0.05, 0.1) is 11.3 Å². The molecule has 3 rings (SSSR count). The molecule has 1 aromatic carbocycles. The van der Waals surface area contributed by atoms with Gasteiger partial charge in [0.25, 0.3) is 5.91 Å². The lowest BCUT2D eigenvalue weighted by Crippen LogP contribution is -2.30. The second kappa shape index (κ2) is 13.6. The molecule has 2 aliphatic rings. The van der Waals surface area contributed by atoms with Crippen molar-refractivity contribution in [3.63, 3.8) is 0 Å². The van der Waals surface area contributed by atoms with Gasteiger partial charge in [0.2, 0.25) is 0 Å². The van der Waals surface area contributed by atoms with E-state index in [4.69, 9.17) is 17.3 Å². The highest BCUT2D eigenvalue weighted by molar-refractivity contribution is 8.26. The van der Waals surface area contributed by atoms with Crippen molar-refractivity contribution in [3.8, 4) is 0 Å². The highest BCUT2D eigenvalue weighted by atomic mass is 32.2. The Morgan fingerprint density at radius 1 is 1.00 bits per heavy atom. The maximum absolute atomic E-state index is 12.4. The van der Waals surface area contributed by atoms with Crippen LogP contribution in [0.4, 0.5) is 0 Å². The molecule has 36 heavy (non-hydrogen) atoms. The first-order valence-electron chi connectivity index (χ1n) is 10.9. The van der Waals surface area contributed by atoms with Gasteiger partial charge in [0.15, 0.2) is 0 Å². The lowest BCUT2D eigenvalue weighted by Gasteiger charge is -2.13. The molecule has 1 saturated heterocycles. The number of carbonyl (C=O) groups excluding carboxylic acids is 1. The number of carboxylic acid groups (broad SMARTS) is 2. The maximum Gasteiger partial charge on any atom is 0.305 e. The Hall–Kier alpha value is -1.92. The standard InChI is InChI=1S/C25H25NO5S5/c1-33-20-13-16-15(9-10-22(27)28)17(35-19(16)14-21(20)34-2)7-5-3-4-6-8-18-24(31)26(25(32)36-18)12-11-23(29)30/h3-8,13-15H,9-12H2,1-2H3,(H,27,28)(H,29,30)/b5-3+,6-4+,17-7-,18-8+. The fourth-order valence-electron chi connectivity index (χ4n) is 3.64. The molecule has 0 radical (unpaired) electrons. The average molecular weight is 580 g/mol. The lowest BCUT2D eigenvalue weighted by atomic mass is 9.93. The summed E-state index contributed by atoms with van der Waals surface area (Å²) in [6.45, 7) is 0.0640. The zero-order valence-corrected chi connectivity index (χ0v) is 23.7. The molecule has 1 fully saturated rings. The van der Waals surface area contributed by atoms with E-state index >= 15 is 0 Å². The van der Waals surface area contributed by atoms with Crippen LogP contribution in [0, 0.1) is 0 Å². The third kappa shape index (κ3) is 7.32. The molecule has 190 valence electrons. The van der Waals surface area contributed by atoms with Crippen LogP contribution in [0.3, 0.4) is 0 Å². The van der Waals surface area contributed by atoms with Gasteiger partial charge in [-0.25, -0.2) is 0 Å². The third-order valence-corrected chi connectivity index (χ3v) is 9.68. The molecule has 0 spiro atoms. The summed E-state index contributed by atoms with van der Waals surface area (Å²) in [4.78, 5) is 40.9. The van der Waals surface area contributed by atoms with Gasteiger partial charge >= 0.3 is 11.9 Å². The van der Waals surface area contributed by atoms with E-state index in [2.05, 4.69) is 24.6 Å². The number of carboxylic acids is 2. The number of thiocarbonyl (C=S) groups is 1. The van der Waals surface area contributed by atoms with Crippen LogP contribution >= 0.6 is 59.3 Å². The minimum absolute atomic E-state index is 0.0453. The minimum Gasteiger partial charge on any atom is -0.481 e. The molecule has 2 heterocycles. The van der Waals surface area contributed by atoms with Crippen LogP contribution in [0.15, 0.2) is 73.1 Å². The summed E-state index contributed by atoms with van der Waals surface area (Å²) in [6, 6.07) is 4.39. The van der Waals surface area contributed by atoms with Crippen LogP contribution in [0.1, 0.15) is 30.7 Å². The summed E-state index contributed by atoms with van der Waals surface area (Å²) in [7, 11) is 0. The number of carbonyl (C=O) groups is 3. The zero-order valence-electron chi connectivity index (χ0n) is 19.6. The van der Waals surface area contributed by atoms with Gasteiger partial charge in [-0.2, -0.15) is 0 Å². The quantitative estimate of drug-likeness (QED) is 0.133. The fraction of sp³-hybridized carbons (Fsp3) is 0.280. The van der Waals surface area contributed by atoms with Crippen LogP contribution in [0.2, 0.25) is 0 Å². The van der Waals surface area contributed by atoms with Crippen molar-refractivity contribution in [1.82, 2.24) is 4.90 Å². The molecule has 0 saturated carbocycles. The van der Waals surface area contributed by atoms with E-state index in [0.29, 0.717) is 15.6 Å². The molecular formula is C25H25NO5S5. The molecule has 1 aromatic rings. The van der Waals surface area contributed by atoms with Gasteiger partial charge in [0.1, 0.15) is 4.32 Å². The highest BCUT2D eigenvalue weighted by Crippen LogP contribution is 2.52. The van der Waals surface area contributed by atoms with Crippen LogP contribution < -0.4 is 0 Å². The Morgan fingerprint density at radius 3 is 2.28 bits per heavy atom. The number of hydrogen-bond donors (Lipinski definition) is 2. The van der Waals surface area contributed by atoms with E-state index in [0.717, 1.165) is 16.7 Å². The van der Waals surface area contributed by atoms with E-state index in [-0.39, 0.29) is 31.2 Å². The van der Waals surface area contributed by atoms with Crippen molar-refractivity contribution in [1.29, 1.82) is 0 Å². The molecule has 6 nitrogen and oxygen atoms in total. The van der Waals surface area contributed by atoms with E-state index in [1.165, 1.54) is 25.1 Å². The number of hydrogen-bond acceptors (Lipinski definition) is 8. The number of benzene rings is 1. The largest absolute Gasteiger partial charge is 0.481 e. The monoisotopic (exact) mass is 579 g/mol. The van der Waals surface area contributed by atoms with Crippen molar-refractivity contribution in [2.24, 2.45) is 0 Å². The fourth-order valence-corrected chi connectivity index (χ4v) is 7.76. The second-order valence-electron chi connectivity index (χ2n) is 7.67. The molecular weight excluding hydrogens is 555 g/mol. The van der Waals surface area contributed by atoms with Gasteiger partial charge in [-0.1, -0.05) is 66.1 Å². The van der Waals surface area contributed by atoms with Gasteiger partial charge < -0.3 is 10.2 Å². The van der Waals surface area contributed by atoms with E-state index in [1.54, 1.807) is 53.5 Å². The van der Waals surface area contributed by atoms with E-state index in [9.17, 15) is 19.5 Å². The first kappa shape index (κ1) is 28.6. The molecule has 0 bridgehead atoms. The maximum atomic E-state index is 12.4. The zero-order chi connectivity index (χ0) is 26.2. The van der Waals surface area contributed by atoms with Crippen molar-refractivity contribution in [3.05, 3.63) is 64.0 Å². The smallest absolute Gasteiger partial charge is 0.305 e. The summed E-state index contributed by atoms with van der Waals surface area (Å²) in [5, 5.41) is 18.1. The SMILES string of the molecule is CSc1cc2c(cc1SC)C(CCC(=O)O)/C(=C/C=C/C=C/C=C1/SC(=S)N(CCC(=O)O)C1=O)S2. The Balaban J connectivity index is 1.70. The molecule has 2 N–H and O–H groups in total. The van der Waals surface area contributed by atoms with Crippen LogP contribution in [-0.4, -0.2) is 56.3 Å². The van der Waals surface area contributed by atoms with E-state index < -0.39 is 11.9 Å². The summed E-state index contributed by atoms with van der Waals surface area (Å²) in [5.41, 5.74) is 1.18. The van der Waals surface area contributed by atoms with Gasteiger partial charge in [-0.3, -0.25) is 19.3 Å². The average Bonchev–Trinajstić information content (AvgIpc) is 3.32. The molecule has 0 aliphatic carbocycles. The van der Waals surface area contributed by atoms with Crippen LogP contribution in [-0.2, 0) is 14.4 Å². The molecule has 1 unspecified atom stereocenters. The number of nitrogens with zero attached hydrogens (tertiary/aromatic N) is 1. The van der Waals surface area contributed by atoms with Crippen molar-refractivity contribution >= 4 is 81.4 Å². The number of amides is 1. The van der Waals surface area contributed by atoms with Gasteiger partial charge in [0, 0.05) is 33.6 Å². The molecule has 11 heteroatoms. The predicted octanol–water partition coefficient (Wildman–Crippen LogP) is 6.40. The Labute approximate surface area is 232 Å². The summed E-state index contributed by atoms with van der Waals surface area (Å²) in [5.74, 6) is -2.01. The number of allylic oxidation sites excluding steroid dienone is 7. The molecule has 2 aliphatic heterocycles. The van der Waals surface area contributed by atoms with E-state index in [1.807, 2.05) is 18.2 Å².